The second-order valence-corrected chi connectivity index (χ2v) is 5.84. The summed E-state index contributed by atoms with van der Waals surface area (Å²) < 4.78 is 0. The number of thioether (sulfide) groups is 1. The minimum atomic E-state index is -0.347. The summed E-state index contributed by atoms with van der Waals surface area (Å²) in [5.41, 5.74) is 6.02. The molecule has 4 atom stereocenters. The van der Waals surface area contributed by atoms with Crippen molar-refractivity contribution in [1.82, 2.24) is 0 Å². The predicted octanol–water partition coefficient (Wildman–Crippen LogP) is 0.587. The fraction of sp³-hybridized carbons (Fsp3) is 1.00. The summed E-state index contributed by atoms with van der Waals surface area (Å²) in [7, 11) is 0. The number of rotatable bonds is 6. The molecular weight excluding hydrogens is 198 g/mol. The standard InChI is InChI=1S/C10H21NO2S/c1-6(13)7(2)14-9(5-12)10(11)8-3-4-8/h6-10,12-13H,3-5,11H2,1-2H3. The van der Waals surface area contributed by atoms with Crippen LogP contribution in [0.15, 0.2) is 0 Å². The van der Waals surface area contributed by atoms with Crippen LogP contribution in [0.25, 0.3) is 0 Å². The van der Waals surface area contributed by atoms with E-state index < -0.39 is 0 Å². The zero-order valence-corrected chi connectivity index (χ0v) is 9.70. The second-order valence-electron chi connectivity index (χ2n) is 4.22. The topological polar surface area (TPSA) is 66.5 Å². The van der Waals surface area contributed by atoms with Gasteiger partial charge in [0.15, 0.2) is 0 Å². The maximum Gasteiger partial charge on any atom is 0.0628 e. The highest BCUT2D eigenvalue weighted by atomic mass is 32.2. The Labute approximate surface area is 90.1 Å². The Hall–Kier alpha value is 0.230. The normalized spacial score (nSPS) is 25.5. The first-order chi connectivity index (χ1) is 6.56. The quantitative estimate of drug-likeness (QED) is 0.611. The van der Waals surface area contributed by atoms with E-state index >= 15 is 0 Å². The summed E-state index contributed by atoms with van der Waals surface area (Å²) in [6.07, 6.45) is 2.04. The monoisotopic (exact) mass is 219 g/mol. The molecule has 1 aliphatic rings. The van der Waals surface area contributed by atoms with E-state index in [1.807, 2.05) is 6.92 Å². The van der Waals surface area contributed by atoms with Crippen LogP contribution in [0.4, 0.5) is 0 Å². The van der Waals surface area contributed by atoms with E-state index in [2.05, 4.69) is 0 Å². The van der Waals surface area contributed by atoms with Gasteiger partial charge in [-0.1, -0.05) is 6.92 Å². The lowest BCUT2D eigenvalue weighted by Gasteiger charge is -2.25. The Morgan fingerprint density at radius 2 is 2.00 bits per heavy atom. The first-order valence-electron chi connectivity index (χ1n) is 5.26. The Morgan fingerprint density at radius 3 is 2.36 bits per heavy atom. The predicted molar refractivity (Wildman–Crippen MR) is 60.3 cm³/mol. The van der Waals surface area contributed by atoms with E-state index in [0.29, 0.717) is 5.92 Å². The van der Waals surface area contributed by atoms with Crippen LogP contribution < -0.4 is 5.73 Å². The lowest BCUT2D eigenvalue weighted by Crippen LogP contribution is -2.39. The molecule has 0 saturated heterocycles. The van der Waals surface area contributed by atoms with Gasteiger partial charge < -0.3 is 15.9 Å². The van der Waals surface area contributed by atoms with Crippen molar-refractivity contribution in [2.45, 2.75) is 49.3 Å². The summed E-state index contributed by atoms with van der Waals surface area (Å²) in [4.78, 5) is 0. The molecular formula is C10H21NO2S. The van der Waals surface area contributed by atoms with Crippen molar-refractivity contribution >= 4 is 11.8 Å². The molecule has 1 rings (SSSR count). The average molecular weight is 219 g/mol. The molecule has 1 saturated carbocycles. The van der Waals surface area contributed by atoms with Crippen LogP contribution in [0.2, 0.25) is 0 Å². The first kappa shape index (κ1) is 12.3. The minimum absolute atomic E-state index is 0.0760. The summed E-state index contributed by atoms with van der Waals surface area (Å²) >= 11 is 1.60. The Kier molecular flexibility index (Phi) is 4.70. The van der Waals surface area contributed by atoms with E-state index in [0.717, 1.165) is 0 Å². The molecule has 4 heteroatoms. The van der Waals surface area contributed by atoms with Crippen LogP contribution in [0.1, 0.15) is 26.7 Å². The van der Waals surface area contributed by atoms with Crippen LogP contribution in [-0.4, -0.2) is 39.5 Å². The molecule has 0 amide bonds. The molecule has 0 aromatic carbocycles. The number of hydrogen-bond acceptors (Lipinski definition) is 4. The Balaban J connectivity index is 2.36. The Bertz CT molecular complexity index is 174. The fourth-order valence-corrected chi connectivity index (χ4v) is 2.70. The molecule has 0 aliphatic heterocycles. The number of hydrogen-bond donors (Lipinski definition) is 3. The minimum Gasteiger partial charge on any atom is -0.395 e. The van der Waals surface area contributed by atoms with Gasteiger partial charge in [-0.3, -0.25) is 0 Å². The maximum absolute atomic E-state index is 9.36. The van der Waals surface area contributed by atoms with Crippen molar-refractivity contribution < 1.29 is 10.2 Å². The lowest BCUT2D eigenvalue weighted by atomic mass is 10.1. The maximum atomic E-state index is 9.36. The van der Waals surface area contributed by atoms with Crippen LogP contribution in [0, 0.1) is 5.92 Å². The molecule has 0 spiro atoms. The molecule has 4 unspecified atom stereocenters. The van der Waals surface area contributed by atoms with Crippen LogP contribution in [0.5, 0.6) is 0 Å². The molecule has 1 fully saturated rings. The van der Waals surface area contributed by atoms with Gasteiger partial charge in [0.05, 0.1) is 12.7 Å². The SMILES string of the molecule is CC(O)C(C)SC(CO)C(N)C1CC1. The molecule has 84 valence electrons. The summed E-state index contributed by atoms with van der Waals surface area (Å²) in [6.45, 7) is 3.85. The van der Waals surface area contributed by atoms with Gasteiger partial charge in [-0.25, -0.2) is 0 Å². The van der Waals surface area contributed by atoms with Crippen molar-refractivity contribution in [3.05, 3.63) is 0 Å². The highest BCUT2D eigenvalue weighted by molar-refractivity contribution is 8.00. The highest BCUT2D eigenvalue weighted by Gasteiger charge is 2.34. The zero-order valence-electron chi connectivity index (χ0n) is 8.89. The van der Waals surface area contributed by atoms with Crippen molar-refractivity contribution in [3.8, 4) is 0 Å². The van der Waals surface area contributed by atoms with Crippen molar-refractivity contribution in [2.75, 3.05) is 6.61 Å². The number of nitrogens with two attached hydrogens (primary N) is 1. The summed E-state index contributed by atoms with van der Waals surface area (Å²) in [5, 5.41) is 18.8. The van der Waals surface area contributed by atoms with E-state index in [9.17, 15) is 10.2 Å². The van der Waals surface area contributed by atoms with Gasteiger partial charge in [0.25, 0.3) is 0 Å². The van der Waals surface area contributed by atoms with Gasteiger partial charge in [0.2, 0.25) is 0 Å². The van der Waals surface area contributed by atoms with Crippen molar-refractivity contribution in [1.29, 1.82) is 0 Å². The summed E-state index contributed by atoms with van der Waals surface area (Å²) in [6, 6.07) is 0.0891. The van der Waals surface area contributed by atoms with Crippen molar-refractivity contribution in [3.63, 3.8) is 0 Å². The molecule has 0 radical (unpaired) electrons. The molecule has 1 aliphatic carbocycles. The van der Waals surface area contributed by atoms with Crippen molar-refractivity contribution in [2.24, 2.45) is 11.7 Å². The van der Waals surface area contributed by atoms with Gasteiger partial charge in [-0.15, -0.1) is 11.8 Å². The molecule has 14 heavy (non-hydrogen) atoms. The third kappa shape index (κ3) is 3.42. The molecule has 0 aromatic heterocycles. The lowest BCUT2D eigenvalue weighted by molar-refractivity contribution is 0.195. The van der Waals surface area contributed by atoms with Gasteiger partial charge in [0.1, 0.15) is 0 Å². The van der Waals surface area contributed by atoms with Crippen LogP contribution >= 0.6 is 11.8 Å². The van der Waals surface area contributed by atoms with Crippen LogP contribution in [-0.2, 0) is 0 Å². The average Bonchev–Trinajstić information content (AvgIpc) is 2.95. The number of aliphatic hydroxyl groups excluding tert-OH is 2. The molecule has 4 N–H and O–H groups in total. The molecule has 3 nitrogen and oxygen atoms in total. The zero-order chi connectivity index (χ0) is 10.7. The molecule has 0 heterocycles. The van der Waals surface area contributed by atoms with Gasteiger partial charge in [-0.2, -0.15) is 0 Å². The third-order valence-electron chi connectivity index (χ3n) is 2.84. The Morgan fingerprint density at radius 1 is 1.43 bits per heavy atom. The van der Waals surface area contributed by atoms with Gasteiger partial charge in [0, 0.05) is 16.5 Å². The smallest absolute Gasteiger partial charge is 0.0628 e. The largest absolute Gasteiger partial charge is 0.395 e. The van der Waals surface area contributed by atoms with Gasteiger partial charge >= 0.3 is 0 Å². The van der Waals surface area contributed by atoms with E-state index in [1.54, 1.807) is 18.7 Å². The number of aliphatic hydroxyl groups is 2. The second kappa shape index (κ2) is 5.35. The first-order valence-corrected chi connectivity index (χ1v) is 6.20. The van der Waals surface area contributed by atoms with E-state index in [-0.39, 0.29) is 29.3 Å². The van der Waals surface area contributed by atoms with Gasteiger partial charge in [-0.05, 0) is 25.7 Å². The molecule has 0 bridgehead atoms. The van der Waals surface area contributed by atoms with Crippen LogP contribution in [0.3, 0.4) is 0 Å². The fourth-order valence-electron chi connectivity index (χ4n) is 1.43. The van der Waals surface area contributed by atoms with E-state index in [1.165, 1.54) is 12.8 Å². The third-order valence-corrected chi connectivity index (χ3v) is 4.48. The van der Waals surface area contributed by atoms with E-state index in [4.69, 9.17) is 5.73 Å². The molecule has 0 aromatic rings. The summed E-state index contributed by atoms with van der Waals surface area (Å²) in [5.74, 6) is 0.598. The highest BCUT2D eigenvalue weighted by Crippen LogP contribution is 2.36.